The Labute approximate surface area is 135 Å². The molecule has 0 aliphatic carbocycles. The van der Waals surface area contributed by atoms with E-state index in [1.807, 2.05) is 13.0 Å². The monoisotopic (exact) mass is 317 g/mol. The fourth-order valence-corrected chi connectivity index (χ4v) is 2.28. The molecule has 1 amide bonds. The smallest absolute Gasteiger partial charge is 0.251 e. The Morgan fingerprint density at radius 3 is 2.39 bits per heavy atom. The van der Waals surface area contributed by atoms with E-state index in [1.54, 1.807) is 38.3 Å². The van der Waals surface area contributed by atoms with Crippen LogP contribution >= 0.6 is 0 Å². The van der Waals surface area contributed by atoms with Crippen LogP contribution in [0, 0.1) is 12.7 Å². The fourth-order valence-electron chi connectivity index (χ4n) is 2.28. The molecule has 0 heterocycles. The zero-order valence-corrected chi connectivity index (χ0v) is 13.6. The molecular formula is C18H20FNO3. The highest BCUT2D eigenvalue weighted by atomic mass is 19.1. The minimum absolute atomic E-state index is 0.176. The van der Waals surface area contributed by atoms with Crippen LogP contribution in [0.3, 0.4) is 0 Å². The molecule has 0 aliphatic rings. The van der Waals surface area contributed by atoms with E-state index in [0.29, 0.717) is 16.9 Å². The molecule has 0 aromatic heterocycles. The van der Waals surface area contributed by atoms with Gasteiger partial charge < -0.3 is 14.8 Å². The van der Waals surface area contributed by atoms with Gasteiger partial charge in [0.05, 0.1) is 20.3 Å². The SMILES string of the molecule is COc1cc(C(=O)N[C@@H](C)c2ccc(OC)c(F)c2)ccc1C. The van der Waals surface area contributed by atoms with E-state index in [0.717, 1.165) is 5.56 Å². The summed E-state index contributed by atoms with van der Waals surface area (Å²) in [5.74, 6) is 0.131. The van der Waals surface area contributed by atoms with Crippen molar-refractivity contribution < 1.29 is 18.7 Å². The molecule has 2 aromatic carbocycles. The summed E-state index contributed by atoms with van der Waals surface area (Å²) in [5.41, 5.74) is 2.11. The van der Waals surface area contributed by atoms with Gasteiger partial charge in [0.25, 0.3) is 5.91 Å². The number of benzene rings is 2. The van der Waals surface area contributed by atoms with E-state index >= 15 is 0 Å². The Kier molecular flexibility index (Phi) is 5.21. The summed E-state index contributed by atoms with van der Waals surface area (Å²) in [4.78, 5) is 12.3. The average molecular weight is 317 g/mol. The second-order valence-electron chi connectivity index (χ2n) is 5.27. The third-order valence-electron chi connectivity index (χ3n) is 3.69. The van der Waals surface area contributed by atoms with Crippen LogP contribution in [-0.2, 0) is 0 Å². The molecule has 1 atom stereocenters. The predicted molar refractivity (Wildman–Crippen MR) is 86.6 cm³/mol. The van der Waals surface area contributed by atoms with Crippen LogP contribution in [0.2, 0.25) is 0 Å². The van der Waals surface area contributed by atoms with Crippen molar-refractivity contribution in [2.45, 2.75) is 19.9 Å². The van der Waals surface area contributed by atoms with Gasteiger partial charge in [-0.2, -0.15) is 0 Å². The van der Waals surface area contributed by atoms with E-state index in [1.165, 1.54) is 13.2 Å². The van der Waals surface area contributed by atoms with Gasteiger partial charge in [0.2, 0.25) is 0 Å². The molecule has 0 saturated heterocycles. The van der Waals surface area contributed by atoms with Gasteiger partial charge in [0.15, 0.2) is 11.6 Å². The van der Waals surface area contributed by atoms with Crippen molar-refractivity contribution in [2.75, 3.05) is 14.2 Å². The first-order chi connectivity index (χ1) is 11.0. The summed E-state index contributed by atoms with van der Waals surface area (Å²) in [7, 11) is 2.97. The number of carbonyl (C=O) groups excluding carboxylic acids is 1. The Balaban J connectivity index is 2.14. The van der Waals surface area contributed by atoms with Crippen LogP contribution in [0.25, 0.3) is 0 Å². The number of ether oxygens (including phenoxy) is 2. The molecule has 23 heavy (non-hydrogen) atoms. The lowest BCUT2D eigenvalue weighted by Crippen LogP contribution is -2.26. The van der Waals surface area contributed by atoms with E-state index in [-0.39, 0.29) is 17.7 Å². The highest BCUT2D eigenvalue weighted by Crippen LogP contribution is 2.23. The van der Waals surface area contributed by atoms with Gasteiger partial charge in [-0.3, -0.25) is 4.79 Å². The number of rotatable bonds is 5. The second kappa shape index (κ2) is 7.13. The maximum atomic E-state index is 13.8. The first-order valence-electron chi connectivity index (χ1n) is 7.25. The van der Waals surface area contributed by atoms with Gasteiger partial charge in [-0.15, -0.1) is 0 Å². The summed E-state index contributed by atoms with van der Waals surface area (Å²) in [5, 5.41) is 2.85. The normalized spacial score (nSPS) is 11.7. The largest absolute Gasteiger partial charge is 0.496 e. The average Bonchev–Trinajstić information content (AvgIpc) is 2.54. The number of halogens is 1. The number of nitrogens with one attached hydrogen (secondary N) is 1. The van der Waals surface area contributed by atoms with Gasteiger partial charge in [-0.05, 0) is 49.2 Å². The van der Waals surface area contributed by atoms with Crippen molar-refractivity contribution >= 4 is 5.91 Å². The molecule has 0 fully saturated rings. The third kappa shape index (κ3) is 3.80. The summed E-state index contributed by atoms with van der Waals surface area (Å²) in [6, 6.07) is 9.53. The standard InChI is InChI=1S/C18H20FNO3/c1-11-5-6-14(10-17(11)23-4)18(21)20-12(2)13-7-8-16(22-3)15(19)9-13/h5-10,12H,1-4H3,(H,20,21)/t12-/m0/s1. The second-order valence-corrected chi connectivity index (χ2v) is 5.27. The van der Waals surface area contributed by atoms with E-state index in [4.69, 9.17) is 9.47 Å². The Morgan fingerprint density at radius 2 is 1.78 bits per heavy atom. The van der Waals surface area contributed by atoms with Crippen molar-refractivity contribution in [3.63, 3.8) is 0 Å². The zero-order valence-electron chi connectivity index (χ0n) is 13.6. The van der Waals surface area contributed by atoms with Crippen LogP contribution < -0.4 is 14.8 Å². The molecule has 0 aliphatic heterocycles. The molecule has 0 unspecified atom stereocenters. The number of hydrogen-bond donors (Lipinski definition) is 1. The molecule has 4 nitrogen and oxygen atoms in total. The topological polar surface area (TPSA) is 47.6 Å². The highest BCUT2D eigenvalue weighted by Gasteiger charge is 2.14. The van der Waals surface area contributed by atoms with Gasteiger partial charge in [-0.1, -0.05) is 12.1 Å². The zero-order chi connectivity index (χ0) is 17.0. The Hall–Kier alpha value is -2.56. The quantitative estimate of drug-likeness (QED) is 0.916. The molecular weight excluding hydrogens is 297 g/mol. The number of carbonyl (C=O) groups is 1. The molecule has 0 spiro atoms. The van der Waals surface area contributed by atoms with Crippen LogP contribution in [0.4, 0.5) is 4.39 Å². The third-order valence-corrected chi connectivity index (χ3v) is 3.69. The lowest BCUT2D eigenvalue weighted by Gasteiger charge is -2.16. The molecule has 0 saturated carbocycles. The van der Waals surface area contributed by atoms with Crippen LogP contribution in [0.15, 0.2) is 36.4 Å². The van der Waals surface area contributed by atoms with E-state index in [2.05, 4.69) is 5.32 Å². The van der Waals surface area contributed by atoms with Crippen molar-refractivity contribution in [3.8, 4) is 11.5 Å². The molecule has 122 valence electrons. The molecule has 0 bridgehead atoms. The van der Waals surface area contributed by atoms with Crippen molar-refractivity contribution in [1.29, 1.82) is 0 Å². The molecule has 2 aromatic rings. The van der Waals surface area contributed by atoms with Gasteiger partial charge in [0, 0.05) is 5.56 Å². The van der Waals surface area contributed by atoms with Crippen LogP contribution in [0.5, 0.6) is 11.5 Å². The van der Waals surface area contributed by atoms with Crippen molar-refractivity contribution in [3.05, 3.63) is 58.9 Å². The van der Waals surface area contributed by atoms with Crippen molar-refractivity contribution in [2.24, 2.45) is 0 Å². The number of methoxy groups -OCH3 is 2. The Bertz CT molecular complexity index is 715. The van der Waals surface area contributed by atoms with E-state index in [9.17, 15) is 9.18 Å². The van der Waals surface area contributed by atoms with Crippen molar-refractivity contribution in [1.82, 2.24) is 5.32 Å². The summed E-state index contributed by atoms with van der Waals surface area (Å²) >= 11 is 0. The summed E-state index contributed by atoms with van der Waals surface area (Å²) < 4.78 is 23.9. The maximum absolute atomic E-state index is 13.8. The predicted octanol–water partition coefficient (Wildman–Crippen LogP) is 3.64. The Morgan fingerprint density at radius 1 is 1.09 bits per heavy atom. The first kappa shape index (κ1) is 16.8. The molecule has 1 N–H and O–H groups in total. The first-order valence-corrected chi connectivity index (χ1v) is 7.25. The number of hydrogen-bond acceptors (Lipinski definition) is 3. The number of amides is 1. The van der Waals surface area contributed by atoms with E-state index < -0.39 is 5.82 Å². The van der Waals surface area contributed by atoms with Gasteiger partial charge in [0.1, 0.15) is 5.75 Å². The minimum atomic E-state index is -0.455. The van der Waals surface area contributed by atoms with Crippen LogP contribution in [-0.4, -0.2) is 20.1 Å². The molecule has 2 rings (SSSR count). The lowest BCUT2D eigenvalue weighted by atomic mass is 10.1. The van der Waals surface area contributed by atoms with Gasteiger partial charge >= 0.3 is 0 Å². The summed E-state index contributed by atoms with van der Waals surface area (Å²) in [6.07, 6.45) is 0. The number of aryl methyl sites for hydroxylation is 1. The minimum Gasteiger partial charge on any atom is -0.496 e. The van der Waals surface area contributed by atoms with Crippen LogP contribution in [0.1, 0.15) is 34.5 Å². The molecule has 0 radical (unpaired) electrons. The molecule has 5 heteroatoms. The summed E-state index contributed by atoms with van der Waals surface area (Å²) in [6.45, 7) is 3.70. The maximum Gasteiger partial charge on any atom is 0.251 e. The van der Waals surface area contributed by atoms with Gasteiger partial charge in [-0.25, -0.2) is 4.39 Å². The lowest BCUT2D eigenvalue weighted by molar-refractivity contribution is 0.0939. The fraction of sp³-hybridized carbons (Fsp3) is 0.278. The highest BCUT2D eigenvalue weighted by molar-refractivity contribution is 5.95.